The van der Waals surface area contributed by atoms with E-state index in [9.17, 15) is 0 Å². The quantitative estimate of drug-likeness (QED) is 0.705. The van der Waals surface area contributed by atoms with Crippen LogP contribution in [0.3, 0.4) is 0 Å². The molecule has 2 rings (SSSR count). The van der Waals surface area contributed by atoms with Gasteiger partial charge in [0, 0.05) is 0 Å². The van der Waals surface area contributed by atoms with Crippen molar-refractivity contribution >= 4 is 6.08 Å². The Morgan fingerprint density at radius 1 is 0.812 bits per heavy atom. The van der Waals surface area contributed by atoms with Crippen molar-refractivity contribution < 1.29 is 0 Å². The summed E-state index contributed by atoms with van der Waals surface area (Å²) in [5.41, 5.74) is 3.99. The lowest BCUT2D eigenvalue weighted by Crippen LogP contribution is -1.87. The zero-order valence-electron chi connectivity index (χ0n) is 9.56. The van der Waals surface area contributed by atoms with Crippen molar-refractivity contribution in [1.29, 1.82) is 0 Å². The highest BCUT2D eigenvalue weighted by Gasteiger charge is 1.95. The third-order valence-electron chi connectivity index (χ3n) is 2.59. The standard InChI is InChI=1S/C16H16/c1-2-6-14-9-11-16(12-10-14)13-15-7-4-3-5-8-15/h2-12H,13H2,1H3/b6-2+. The molecule has 0 N–H and O–H groups in total. The summed E-state index contributed by atoms with van der Waals surface area (Å²) in [5, 5.41) is 0. The van der Waals surface area contributed by atoms with E-state index in [1.54, 1.807) is 0 Å². The van der Waals surface area contributed by atoms with E-state index >= 15 is 0 Å². The molecule has 0 bridgehead atoms. The fourth-order valence-electron chi connectivity index (χ4n) is 1.77. The average Bonchev–Trinajstić information content (AvgIpc) is 2.33. The summed E-state index contributed by atoms with van der Waals surface area (Å²) >= 11 is 0. The van der Waals surface area contributed by atoms with Crippen LogP contribution in [0.25, 0.3) is 6.08 Å². The Balaban J connectivity index is 2.11. The van der Waals surface area contributed by atoms with E-state index < -0.39 is 0 Å². The molecular weight excluding hydrogens is 192 g/mol. The third kappa shape index (κ3) is 2.83. The van der Waals surface area contributed by atoms with Crippen molar-refractivity contribution in [3.8, 4) is 0 Å². The van der Waals surface area contributed by atoms with E-state index in [2.05, 4.69) is 66.7 Å². The highest BCUT2D eigenvalue weighted by molar-refractivity contribution is 5.49. The Hall–Kier alpha value is -1.82. The van der Waals surface area contributed by atoms with E-state index in [4.69, 9.17) is 0 Å². The van der Waals surface area contributed by atoms with Crippen LogP contribution < -0.4 is 0 Å². The number of rotatable bonds is 3. The number of hydrogen-bond acceptors (Lipinski definition) is 0. The molecule has 2 aromatic carbocycles. The fourth-order valence-corrected chi connectivity index (χ4v) is 1.77. The van der Waals surface area contributed by atoms with Crippen molar-refractivity contribution in [3.63, 3.8) is 0 Å². The molecule has 0 radical (unpaired) electrons. The first-order chi connectivity index (χ1) is 7.88. The lowest BCUT2D eigenvalue weighted by Gasteiger charge is -2.02. The Morgan fingerprint density at radius 2 is 1.44 bits per heavy atom. The maximum Gasteiger partial charge on any atom is -0.00258 e. The lowest BCUT2D eigenvalue weighted by molar-refractivity contribution is 1.19. The smallest absolute Gasteiger partial charge is 0.00258 e. The molecule has 0 saturated heterocycles. The van der Waals surface area contributed by atoms with Crippen LogP contribution in [-0.4, -0.2) is 0 Å². The molecule has 0 aromatic heterocycles. The van der Waals surface area contributed by atoms with Gasteiger partial charge in [0.1, 0.15) is 0 Å². The van der Waals surface area contributed by atoms with Gasteiger partial charge in [0.2, 0.25) is 0 Å². The molecule has 0 amide bonds. The molecule has 0 aliphatic heterocycles. The van der Waals surface area contributed by atoms with Crippen LogP contribution >= 0.6 is 0 Å². The molecule has 0 nitrogen and oxygen atoms in total. The van der Waals surface area contributed by atoms with E-state index in [1.807, 2.05) is 6.92 Å². The first-order valence-electron chi connectivity index (χ1n) is 5.64. The van der Waals surface area contributed by atoms with E-state index in [-0.39, 0.29) is 0 Å². The minimum absolute atomic E-state index is 1.01. The Bertz CT molecular complexity index is 449. The largest absolute Gasteiger partial charge is 0.0871 e. The zero-order valence-corrected chi connectivity index (χ0v) is 9.56. The molecule has 0 unspecified atom stereocenters. The summed E-state index contributed by atoms with van der Waals surface area (Å²) in [4.78, 5) is 0. The second-order valence-electron chi connectivity index (χ2n) is 3.90. The van der Waals surface area contributed by atoms with Crippen LogP contribution in [0, 0.1) is 0 Å². The zero-order chi connectivity index (χ0) is 11.2. The van der Waals surface area contributed by atoms with Crippen molar-refractivity contribution in [3.05, 3.63) is 77.4 Å². The van der Waals surface area contributed by atoms with Crippen molar-refractivity contribution in [2.45, 2.75) is 13.3 Å². The fraction of sp³-hybridized carbons (Fsp3) is 0.125. The second-order valence-corrected chi connectivity index (χ2v) is 3.90. The summed E-state index contributed by atoms with van der Waals surface area (Å²) in [7, 11) is 0. The van der Waals surface area contributed by atoms with Gasteiger partial charge in [-0.05, 0) is 30.0 Å². The van der Waals surface area contributed by atoms with Crippen LogP contribution in [0.4, 0.5) is 0 Å². The molecule has 80 valence electrons. The SMILES string of the molecule is C/C=C/c1ccc(Cc2ccccc2)cc1. The number of allylic oxidation sites excluding steroid dienone is 1. The molecular formula is C16H16. The van der Waals surface area contributed by atoms with Gasteiger partial charge in [0.05, 0.1) is 0 Å². The predicted octanol–water partition coefficient (Wildman–Crippen LogP) is 4.31. The van der Waals surface area contributed by atoms with Gasteiger partial charge in [-0.3, -0.25) is 0 Å². The summed E-state index contributed by atoms with van der Waals surface area (Å²) in [5.74, 6) is 0. The summed E-state index contributed by atoms with van der Waals surface area (Å²) < 4.78 is 0. The summed E-state index contributed by atoms with van der Waals surface area (Å²) in [6.07, 6.45) is 5.19. The molecule has 0 spiro atoms. The van der Waals surface area contributed by atoms with Crippen molar-refractivity contribution in [1.82, 2.24) is 0 Å². The van der Waals surface area contributed by atoms with Gasteiger partial charge in [-0.15, -0.1) is 0 Å². The average molecular weight is 208 g/mol. The minimum atomic E-state index is 1.01. The monoisotopic (exact) mass is 208 g/mol. The summed E-state index contributed by atoms with van der Waals surface area (Å²) in [6, 6.07) is 19.3. The van der Waals surface area contributed by atoms with Gasteiger partial charge in [-0.1, -0.05) is 66.7 Å². The molecule has 0 aliphatic carbocycles. The van der Waals surface area contributed by atoms with Gasteiger partial charge in [0.25, 0.3) is 0 Å². The molecule has 0 heterocycles. The molecule has 0 aliphatic rings. The van der Waals surface area contributed by atoms with E-state index in [1.165, 1.54) is 16.7 Å². The van der Waals surface area contributed by atoms with Gasteiger partial charge in [-0.2, -0.15) is 0 Å². The first kappa shape index (κ1) is 10.7. The van der Waals surface area contributed by atoms with Crippen LogP contribution in [0.2, 0.25) is 0 Å². The van der Waals surface area contributed by atoms with E-state index in [0.29, 0.717) is 0 Å². The van der Waals surface area contributed by atoms with Crippen LogP contribution in [-0.2, 0) is 6.42 Å². The normalized spacial score (nSPS) is 10.8. The number of benzene rings is 2. The highest BCUT2D eigenvalue weighted by Crippen LogP contribution is 2.11. The van der Waals surface area contributed by atoms with Crippen LogP contribution in [0.5, 0.6) is 0 Å². The third-order valence-corrected chi connectivity index (χ3v) is 2.59. The summed E-state index contributed by atoms with van der Waals surface area (Å²) in [6.45, 7) is 2.04. The predicted molar refractivity (Wildman–Crippen MR) is 70.4 cm³/mol. The van der Waals surface area contributed by atoms with Gasteiger partial charge < -0.3 is 0 Å². The van der Waals surface area contributed by atoms with Crippen LogP contribution in [0.15, 0.2) is 60.7 Å². The lowest BCUT2D eigenvalue weighted by atomic mass is 10.0. The molecule has 2 aromatic rings. The first-order valence-corrected chi connectivity index (χ1v) is 5.64. The molecule has 0 saturated carbocycles. The van der Waals surface area contributed by atoms with Gasteiger partial charge in [0.15, 0.2) is 0 Å². The molecule has 16 heavy (non-hydrogen) atoms. The van der Waals surface area contributed by atoms with Crippen molar-refractivity contribution in [2.24, 2.45) is 0 Å². The van der Waals surface area contributed by atoms with E-state index in [0.717, 1.165) is 6.42 Å². The Morgan fingerprint density at radius 3 is 2.06 bits per heavy atom. The maximum absolute atomic E-state index is 2.20. The Labute approximate surface area is 97.3 Å². The topological polar surface area (TPSA) is 0 Å². The van der Waals surface area contributed by atoms with Gasteiger partial charge in [-0.25, -0.2) is 0 Å². The Kier molecular flexibility index (Phi) is 3.55. The molecule has 0 fully saturated rings. The molecule has 0 atom stereocenters. The number of hydrogen-bond donors (Lipinski definition) is 0. The highest BCUT2D eigenvalue weighted by atomic mass is 14.0. The minimum Gasteiger partial charge on any atom is -0.0871 e. The molecule has 0 heteroatoms. The van der Waals surface area contributed by atoms with Crippen LogP contribution in [0.1, 0.15) is 23.6 Å². The van der Waals surface area contributed by atoms with Crippen molar-refractivity contribution in [2.75, 3.05) is 0 Å². The second kappa shape index (κ2) is 5.32. The maximum atomic E-state index is 2.20. The van der Waals surface area contributed by atoms with Gasteiger partial charge >= 0.3 is 0 Å².